The van der Waals surface area contributed by atoms with Gasteiger partial charge in [0.1, 0.15) is 17.8 Å². The van der Waals surface area contributed by atoms with Crippen molar-refractivity contribution < 1.29 is 14.3 Å². The molecule has 0 bridgehead atoms. The summed E-state index contributed by atoms with van der Waals surface area (Å²) in [6.45, 7) is 2.63. The van der Waals surface area contributed by atoms with Crippen LogP contribution in [0, 0.1) is 6.92 Å². The van der Waals surface area contributed by atoms with Gasteiger partial charge in [-0.25, -0.2) is 9.67 Å². The van der Waals surface area contributed by atoms with Gasteiger partial charge in [-0.15, -0.1) is 5.10 Å². The number of nitrogens with zero attached hydrogens (tertiary/aromatic N) is 3. The number of rotatable bonds is 6. The van der Waals surface area contributed by atoms with Gasteiger partial charge in [0, 0.05) is 11.6 Å². The maximum Gasteiger partial charge on any atom is 0.258 e. The molecule has 1 N–H and O–H groups in total. The molecule has 2 aromatic carbocycles. The largest absolute Gasteiger partial charge is 0.497 e. The molecule has 1 amide bonds. The molecule has 26 heavy (non-hydrogen) atoms. The van der Waals surface area contributed by atoms with Gasteiger partial charge in [0.25, 0.3) is 5.91 Å². The topological polar surface area (TPSA) is 78.3 Å². The first kappa shape index (κ1) is 17.5. The van der Waals surface area contributed by atoms with Crippen LogP contribution in [-0.2, 0) is 6.54 Å². The molecule has 0 saturated carbocycles. The van der Waals surface area contributed by atoms with Crippen LogP contribution in [-0.4, -0.2) is 34.9 Å². The van der Waals surface area contributed by atoms with Gasteiger partial charge in [-0.2, -0.15) is 0 Å². The van der Waals surface area contributed by atoms with E-state index in [0.29, 0.717) is 23.6 Å². The van der Waals surface area contributed by atoms with Gasteiger partial charge in [0.05, 0.1) is 20.8 Å². The Hall–Kier alpha value is -3.35. The molecular weight excluding hydrogens is 332 g/mol. The molecule has 7 nitrogen and oxygen atoms in total. The number of ether oxygens (including phenoxy) is 2. The van der Waals surface area contributed by atoms with Crippen molar-refractivity contribution in [3.05, 3.63) is 65.5 Å². The van der Waals surface area contributed by atoms with Gasteiger partial charge in [0.15, 0.2) is 0 Å². The maximum atomic E-state index is 12.5. The van der Waals surface area contributed by atoms with Crippen molar-refractivity contribution in [1.29, 1.82) is 0 Å². The molecule has 0 aliphatic rings. The lowest BCUT2D eigenvalue weighted by atomic mass is 10.1. The summed E-state index contributed by atoms with van der Waals surface area (Å²) in [5.41, 5.74) is 2.72. The molecule has 0 atom stereocenters. The quantitative estimate of drug-likeness (QED) is 0.738. The number of methoxy groups -OCH3 is 2. The second kappa shape index (κ2) is 7.69. The summed E-state index contributed by atoms with van der Waals surface area (Å²) in [4.78, 5) is 16.6. The SMILES string of the molecule is COc1cc(OC)cc(C(=O)Nc2ncn(Cc3ccccc3C)n2)c1. The van der Waals surface area contributed by atoms with Crippen molar-refractivity contribution in [2.45, 2.75) is 13.5 Å². The van der Waals surface area contributed by atoms with E-state index in [9.17, 15) is 4.79 Å². The maximum absolute atomic E-state index is 12.5. The van der Waals surface area contributed by atoms with E-state index < -0.39 is 0 Å². The first-order chi connectivity index (χ1) is 12.6. The van der Waals surface area contributed by atoms with E-state index in [1.54, 1.807) is 29.2 Å². The molecule has 3 rings (SSSR count). The number of aromatic nitrogens is 3. The van der Waals surface area contributed by atoms with Crippen LogP contribution in [0.25, 0.3) is 0 Å². The van der Waals surface area contributed by atoms with E-state index in [2.05, 4.69) is 15.4 Å². The van der Waals surface area contributed by atoms with Gasteiger partial charge >= 0.3 is 0 Å². The normalized spacial score (nSPS) is 10.4. The van der Waals surface area contributed by atoms with Crippen molar-refractivity contribution >= 4 is 11.9 Å². The Morgan fingerprint density at radius 3 is 2.46 bits per heavy atom. The van der Waals surface area contributed by atoms with E-state index >= 15 is 0 Å². The highest BCUT2D eigenvalue weighted by atomic mass is 16.5. The zero-order valence-corrected chi connectivity index (χ0v) is 14.9. The summed E-state index contributed by atoms with van der Waals surface area (Å²) < 4.78 is 12.1. The Morgan fingerprint density at radius 1 is 1.12 bits per heavy atom. The Morgan fingerprint density at radius 2 is 1.81 bits per heavy atom. The number of hydrogen-bond acceptors (Lipinski definition) is 5. The minimum atomic E-state index is -0.337. The van der Waals surface area contributed by atoms with Crippen LogP contribution in [0.3, 0.4) is 0 Å². The molecule has 1 aromatic heterocycles. The van der Waals surface area contributed by atoms with Crippen molar-refractivity contribution in [1.82, 2.24) is 14.8 Å². The highest BCUT2D eigenvalue weighted by Gasteiger charge is 2.12. The van der Waals surface area contributed by atoms with Gasteiger partial charge in [-0.3, -0.25) is 10.1 Å². The number of amides is 1. The number of anilines is 1. The Balaban J connectivity index is 1.73. The molecule has 7 heteroatoms. The van der Waals surface area contributed by atoms with Crippen LogP contribution in [0.15, 0.2) is 48.8 Å². The van der Waals surface area contributed by atoms with Crippen LogP contribution < -0.4 is 14.8 Å². The molecule has 0 unspecified atom stereocenters. The minimum absolute atomic E-state index is 0.241. The number of carbonyl (C=O) groups is 1. The lowest BCUT2D eigenvalue weighted by Crippen LogP contribution is -2.14. The zero-order valence-electron chi connectivity index (χ0n) is 14.9. The van der Waals surface area contributed by atoms with Crippen molar-refractivity contribution in [3.63, 3.8) is 0 Å². The molecule has 0 fully saturated rings. The van der Waals surface area contributed by atoms with Crippen LogP contribution in [0.5, 0.6) is 11.5 Å². The van der Waals surface area contributed by atoms with Gasteiger partial charge in [-0.1, -0.05) is 24.3 Å². The lowest BCUT2D eigenvalue weighted by molar-refractivity contribution is 0.102. The second-order valence-corrected chi connectivity index (χ2v) is 5.75. The van der Waals surface area contributed by atoms with Gasteiger partial charge < -0.3 is 9.47 Å². The average Bonchev–Trinajstić information content (AvgIpc) is 3.10. The Bertz CT molecular complexity index is 898. The molecule has 0 aliphatic carbocycles. The van der Waals surface area contributed by atoms with E-state index in [1.165, 1.54) is 19.8 Å². The predicted molar refractivity (Wildman–Crippen MR) is 97.8 cm³/mol. The first-order valence-electron chi connectivity index (χ1n) is 8.07. The van der Waals surface area contributed by atoms with Gasteiger partial charge in [-0.05, 0) is 30.2 Å². The Labute approximate surface area is 151 Å². The summed E-state index contributed by atoms with van der Waals surface area (Å²) in [5, 5.41) is 7.00. The number of hydrogen-bond donors (Lipinski definition) is 1. The Kier molecular flexibility index (Phi) is 5.17. The smallest absolute Gasteiger partial charge is 0.258 e. The summed E-state index contributed by atoms with van der Waals surface area (Å²) >= 11 is 0. The third-order valence-electron chi connectivity index (χ3n) is 3.97. The summed E-state index contributed by atoms with van der Waals surface area (Å²) in [7, 11) is 3.07. The highest BCUT2D eigenvalue weighted by molar-refractivity contribution is 6.03. The van der Waals surface area contributed by atoms with Gasteiger partial charge in [0.2, 0.25) is 5.95 Å². The summed E-state index contributed by atoms with van der Waals surface area (Å²) in [6, 6.07) is 13.0. The van der Waals surface area contributed by atoms with E-state index in [1.807, 2.05) is 31.2 Å². The summed E-state index contributed by atoms with van der Waals surface area (Å²) in [6.07, 6.45) is 1.59. The van der Waals surface area contributed by atoms with E-state index in [4.69, 9.17) is 9.47 Å². The molecule has 3 aromatic rings. The molecular formula is C19H20N4O3. The fraction of sp³-hybridized carbons (Fsp3) is 0.211. The molecule has 0 spiro atoms. The number of nitrogens with one attached hydrogen (secondary N) is 1. The fourth-order valence-corrected chi connectivity index (χ4v) is 2.50. The van der Waals surface area contributed by atoms with Crippen molar-refractivity contribution in [3.8, 4) is 11.5 Å². The zero-order chi connectivity index (χ0) is 18.5. The minimum Gasteiger partial charge on any atom is -0.497 e. The van der Waals surface area contributed by atoms with E-state index in [-0.39, 0.29) is 11.9 Å². The third-order valence-corrected chi connectivity index (χ3v) is 3.97. The standard InChI is InChI=1S/C19H20N4O3/c1-13-6-4-5-7-14(13)11-23-12-20-19(22-23)21-18(24)15-8-16(25-2)10-17(9-15)26-3/h4-10,12H,11H2,1-3H3,(H,21,22,24). The molecule has 1 heterocycles. The van der Waals surface area contributed by atoms with Crippen LogP contribution in [0.4, 0.5) is 5.95 Å². The van der Waals surface area contributed by atoms with Crippen LogP contribution in [0.2, 0.25) is 0 Å². The van der Waals surface area contributed by atoms with Crippen LogP contribution in [0.1, 0.15) is 21.5 Å². The first-order valence-corrected chi connectivity index (χ1v) is 8.07. The predicted octanol–water partition coefficient (Wildman–Crippen LogP) is 2.90. The third kappa shape index (κ3) is 4.00. The van der Waals surface area contributed by atoms with Crippen molar-refractivity contribution in [2.24, 2.45) is 0 Å². The average molecular weight is 352 g/mol. The van der Waals surface area contributed by atoms with E-state index in [0.717, 1.165) is 5.56 Å². The second-order valence-electron chi connectivity index (χ2n) is 5.75. The molecule has 0 saturated heterocycles. The lowest BCUT2D eigenvalue weighted by Gasteiger charge is -2.08. The molecule has 0 radical (unpaired) electrons. The number of aryl methyl sites for hydroxylation is 1. The van der Waals surface area contributed by atoms with Crippen LogP contribution >= 0.6 is 0 Å². The summed E-state index contributed by atoms with van der Waals surface area (Å²) in [5.74, 6) is 0.973. The monoisotopic (exact) mass is 352 g/mol. The molecule has 0 aliphatic heterocycles. The number of carbonyl (C=O) groups excluding carboxylic acids is 1. The highest BCUT2D eigenvalue weighted by Crippen LogP contribution is 2.23. The molecule has 134 valence electrons. The van der Waals surface area contributed by atoms with Crippen molar-refractivity contribution in [2.75, 3.05) is 19.5 Å². The number of benzene rings is 2. The fourth-order valence-electron chi connectivity index (χ4n) is 2.50.